The van der Waals surface area contributed by atoms with Crippen molar-refractivity contribution in [1.82, 2.24) is 9.88 Å². The van der Waals surface area contributed by atoms with Crippen molar-refractivity contribution >= 4 is 11.6 Å². The van der Waals surface area contributed by atoms with Crippen LogP contribution in [0.15, 0.2) is 23.1 Å². The normalized spacial score (nSPS) is 10.1. The van der Waals surface area contributed by atoms with E-state index >= 15 is 0 Å². The van der Waals surface area contributed by atoms with Gasteiger partial charge in [0.25, 0.3) is 11.2 Å². The van der Waals surface area contributed by atoms with E-state index < -0.39 is 16.4 Å². The lowest BCUT2D eigenvalue weighted by Gasteiger charge is -2.06. The van der Waals surface area contributed by atoms with E-state index in [2.05, 4.69) is 5.32 Å². The molecule has 0 aliphatic heterocycles. The van der Waals surface area contributed by atoms with Crippen LogP contribution < -0.4 is 10.9 Å². The maximum absolute atomic E-state index is 11.4. The summed E-state index contributed by atoms with van der Waals surface area (Å²) in [5, 5.41) is 13.0. The van der Waals surface area contributed by atoms with Gasteiger partial charge in [-0.3, -0.25) is 24.3 Å². The molecule has 0 aromatic carbocycles. The zero-order valence-corrected chi connectivity index (χ0v) is 9.79. The van der Waals surface area contributed by atoms with Crippen LogP contribution in [0.25, 0.3) is 0 Å². The molecule has 1 heterocycles. The van der Waals surface area contributed by atoms with Crippen LogP contribution >= 0.6 is 0 Å². The molecule has 0 radical (unpaired) electrons. The topological polar surface area (TPSA) is 103 Å². The van der Waals surface area contributed by atoms with Crippen molar-refractivity contribution < 1.29 is 14.5 Å². The number of aromatic nitrogens is 1. The molecule has 0 spiro atoms. The summed E-state index contributed by atoms with van der Waals surface area (Å²) >= 11 is 0. The van der Waals surface area contributed by atoms with Crippen LogP contribution in [0.4, 0.5) is 5.69 Å². The largest absolute Gasteiger partial charge is 0.383 e. The van der Waals surface area contributed by atoms with Gasteiger partial charge < -0.3 is 10.1 Å². The van der Waals surface area contributed by atoms with Crippen molar-refractivity contribution in [2.24, 2.45) is 0 Å². The van der Waals surface area contributed by atoms with Crippen LogP contribution in [0.3, 0.4) is 0 Å². The summed E-state index contributed by atoms with van der Waals surface area (Å²) in [7, 11) is 1.50. The molecule has 8 heteroatoms. The molecule has 0 atom stereocenters. The first kappa shape index (κ1) is 13.8. The number of carbonyl (C=O) groups is 1. The van der Waals surface area contributed by atoms with Crippen molar-refractivity contribution in [2.75, 3.05) is 20.3 Å². The Kier molecular flexibility index (Phi) is 5.00. The van der Waals surface area contributed by atoms with E-state index in [1.807, 2.05) is 0 Å². The molecule has 0 bridgehead atoms. The highest BCUT2D eigenvalue weighted by atomic mass is 16.6. The van der Waals surface area contributed by atoms with Gasteiger partial charge in [0.05, 0.1) is 17.7 Å². The highest BCUT2D eigenvalue weighted by Gasteiger charge is 2.10. The van der Waals surface area contributed by atoms with Gasteiger partial charge in [-0.25, -0.2) is 0 Å². The minimum absolute atomic E-state index is 0.237. The van der Waals surface area contributed by atoms with Crippen LogP contribution in [-0.4, -0.2) is 35.7 Å². The molecule has 1 rings (SSSR count). The monoisotopic (exact) mass is 255 g/mol. The standard InChI is InChI=1S/C10H13N3O5/c1-18-5-4-11-9(14)7-12-6-8(13(16)17)2-3-10(12)15/h2-3,6H,4-5,7H2,1H3,(H,11,14). The maximum atomic E-state index is 11.4. The lowest BCUT2D eigenvalue weighted by molar-refractivity contribution is -0.385. The summed E-state index contributed by atoms with van der Waals surface area (Å²) in [6, 6.07) is 2.15. The Morgan fingerprint density at radius 2 is 2.28 bits per heavy atom. The number of ether oxygens (including phenoxy) is 1. The second-order valence-electron chi connectivity index (χ2n) is 3.45. The number of carbonyl (C=O) groups excluding carboxylic acids is 1. The quantitative estimate of drug-likeness (QED) is 0.420. The number of hydrogen-bond acceptors (Lipinski definition) is 5. The number of nitro groups is 1. The molecule has 0 aliphatic rings. The summed E-state index contributed by atoms with van der Waals surface area (Å²) < 4.78 is 5.73. The number of pyridine rings is 1. The summed E-state index contributed by atoms with van der Waals surface area (Å²) in [4.78, 5) is 32.7. The third kappa shape index (κ3) is 3.98. The maximum Gasteiger partial charge on any atom is 0.285 e. The third-order valence-corrected chi connectivity index (χ3v) is 2.12. The number of methoxy groups -OCH3 is 1. The molecular formula is C10H13N3O5. The smallest absolute Gasteiger partial charge is 0.285 e. The Morgan fingerprint density at radius 1 is 1.56 bits per heavy atom. The lowest BCUT2D eigenvalue weighted by Crippen LogP contribution is -2.33. The van der Waals surface area contributed by atoms with Crippen LogP contribution in [0.1, 0.15) is 0 Å². The summed E-state index contributed by atoms with van der Waals surface area (Å²) in [6.07, 6.45) is 1.04. The fourth-order valence-electron chi connectivity index (χ4n) is 1.25. The number of rotatable bonds is 6. The average molecular weight is 255 g/mol. The Hall–Kier alpha value is -2.22. The first-order chi connectivity index (χ1) is 8.54. The van der Waals surface area contributed by atoms with E-state index in [-0.39, 0.29) is 12.2 Å². The fraction of sp³-hybridized carbons (Fsp3) is 0.400. The molecular weight excluding hydrogens is 242 g/mol. The van der Waals surface area contributed by atoms with E-state index in [1.165, 1.54) is 7.11 Å². The van der Waals surface area contributed by atoms with Crippen molar-refractivity contribution in [3.63, 3.8) is 0 Å². The van der Waals surface area contributed by atoms with Gasteiger partial charge in [-0.15, -0.1) is 0 Å². The molecule has 0 fully saturated rings. The molecule has 18 heavy (non-hydrogen) atoms. The van der Waals surface area contributed by atoms with Gasteiger partial charge in [0, 0.05) is 25.8 Å². The van der Waals surface area contributed by atoms with Crippen LogP contribution in [0, 0.1) is 10.1 Å². The van der Waals surface area contributed by atoms with Crippen molar-refractivity contribution in [3.8, 4) is 0 Å². The number of hydrogen-bond donors (Lipinski definition) is 1. The van der Waals surface area contributed by atoms with Gasteiger partial charge in [-0.05, 0) is 0 Å². The molecule has 0 aliphatic carbocycles. The van der Waals surface area contributed by atoms with Gasteiger partial charge in [0.15, 0.2) is 0 Å². The van der Waals surface area contributed by atoms with Gasteiger partial charge in [0.2, 0.25) is 5.91 Å². The molecule has 98 valence electrons. The molecule has 0 unspecified atom stereocenters. The highest BCUT2D eigenvalue weighted by molar-refractivity contribution is 5.75. The summed E-state index contributed by atoms with van der Waals surface area (Å²) in [6.45, 7) is 0.415. The predicted molar refractivity (Wildman–Crippen MR) is 62.2 cm³/mol. The molecule has 1 aromatic rings. The van der Waals surface area contributed by atoms with Gasteiger partial charge >= 0.3 is 0 Å². The van der Waals surface area contributed by atoms with Crippen LogP contribution in [0.2, 0.25) is 0 Å². The Morgan fingerprint density at radius 3 is 2.89 bits per heavy atom. The number of nitrogens with one attached hydrogen (secondary N) is 1. The lowest BCUT2D eigenvalue weighted by atomic mass is 10.4. The predicted octanol–water partition coefficient (Wildman–Crippen LogP) is -0.481. The van der Waals surface area contributed by atoms with E-state index in [0.717, 1.165) is 22.9 Å². The first-order valence-electron chi connectivity index (χ1n) is 5.15. The summed E-state index contributed by atoms with van der Waals surface area (Å²) in [5.74, 6) is -0.408. The van der Waals surface area contributed by atoms with Gasteiger partial charge in [-0.2, -0.15) is 0 Å². The Labute approximate surface area is 102 Å². The second kappa shape index (κ2) is 6.50. The van der Waals surface area contributed by atoms with Crippen LogP contribution in [-0.2, 0) is 16.1 Å². The zero-order chi connectivity index (χ0) is 13.5. The van der Waals surface area contributed by atoms with E-state index in [1.54, 1.807) is 0 Å². The van der Waals surface area contributed by atoms with Crippen molar-refractivity contribution in [3.05, 3.63) is 38.8 Å². The van der Waals surface area contributed by atoms with E-state index in [9.17, 15) is 19.7 Å². The minimum Gasteiger partial charge on any atom is -0.383 e. The Balaban J connectivity index is 2.71. The summed E-state index contributed by atoms with van der Waals surface area (Å²) in [5.41, 5.74) is -0.707. The van der Waals surface area contributed by atoms with Gasteiger partial charge in [-0.1, -0.05) is 0 Å². The zero-order valence-electron chi connectivity index (χ0n) is 9.79. The Bertz CT molecular complexity index is 497. The molecule has 1 N–H and O–H groups in total. The fourth-order valence-corrected chi connectivity index (χ4v) is 1.25. The molecule has 8 nitrogen and oxygen atoms in total. The number of nitrogens with zero attached hydrogens (tertiary/aromatic N) is 2. The van der Waals surface area contributed by atoms with Crippen molar-refractivity contribution in [1.29, 1.82) is 0 Å². The second-order valence-corrected chi connectivity index (χ2v) is 3.45. The molecule has 0 saturated heterocycles. The van der Waals surface area contributed by atoms with Crippen molar-refractivity contribution in [2.45, 2.75) is 6.54 Å². The molecule has 0 saturated carbocycles. The highest BCUT2D eigenvalue weighted by Crippen LogP contribution is 2.05. The average Bonchev–Trinajstić information content (AvgIpc) is 2.32. The molecule has 1 amide bonds. The van der Waals surface area contributed by atoms with E-state index in [0.29, 0.717) is 13.2 Å². The minimum atomic E-state index is -0.626. The number of amides is 1. The molecule has 1 aromatic heterocycles. The van der Waals surface area contributed by atoms with Crippen LogP contribution in [0.5, 0.6) is 0 Å². The third-order valence-electron chi connectivity index (χ3n) is 2.12. The van der Waals surface area contributed by atoms with E-state index in [4.69, 9.17) is 4.74 Å². The SMILES string of the molecule is COCCNC(=O)Cn1cc([N+](=O)[O-])ccc1=O. The van der Waals surface area contributed by atoms with Gasteiger partial charge in [0.1, 0.15) is 6.54 Å². The first-order valence-corrected chi connectivity index (χ1v) is 5.15.